The van der Waals surface area contributed by atoms with Crippen molar-refractivity contribution in [2.24, 2.45) is 11.7 Å². The predicted molar refractivity (Wildman–Crippen MR) is 69.7 cm³/mol. The van der Waals surface area contributed by atoms with Gasteiger partial charge in [0.25, 0.3) is 0 Å². The Morgan fingerprint density at radius 2 is 2.29 bits per heavy atom. The molecule has 96 valence electrons. The van der Waals surface area contributed by atoms with Gasteiger partial charge in [-0.15, -0.1) is 0 Å². The number of likely N-dealkylation sites (tertiary alicyclic amines) is 1. The summed E-state index contributed by atoms with van der Waals surface area (Å²) in [7, 11) is 0. The van der Waals surface area contributed by atoms with Crippen LogP contribution in [0.2, 0.25) is 0 Å². The van der Waals surface area contributed by atoms with E-state index in [-0.39, 0.29) is 0 Å². The molecule has 2 N–H and O–H groups in total. The SMILES string of the molecule is CCC1CCCN(CCn2cccn2)C1CN. The van der Waals surface area contributed by atoms with Crippen molar-refractivity contribution >= 4 is 0 Å². The van der Waals surface area contributed by atoms with Gasteiger partial charge in [-0.05, 0) is 31.4 Å². The van der Waals surface area contributed by atoms with Crippen molar-refractivity contribution in [2.75, 3.05) is 19.6 Å². The molecule has 0 bridgehead atoms. The van der Waals surface area contributed by atoms with Crippen LogP contribution in [0.25, 0.3) is 0 Å². The van der Waals surface area contributed by atoms with E-state index < -0.39 is 0 Å². The van der Waals surface area contributed by atoms with Crippen molar-refractivity contribution in [1.29, 1.82) is 0 Å². The number of piperidine rings is 1. The Labute approximate surface area is 104 Å². The molecule has 0 aromatic carbocycles. The zero-order valence-electron chi connectivity index (χ0n) is 10.8. The molecule has 0 spiro atoms. The molecular weight excluding hydrogens is 212 g/mol. The van der Waals surface area contributed by atoms with Crippen LogP contribution in [-0.2, 0) is 6.54 Å². The Hall–Kier alpha value is -0.870. The van der Waals surface area contributed by atoms with Crippen LogP contribution in [0.5, 0.6) is 0 Å². The van der Waals surface area contributed by atoms with Crippen molar-refractivity contribution in [3.05, 3.63) is 18.5 Å². The molecule has 4 nitrogen and oxygen atoms in total. The largest absolute Gasteiger partial charge is 0.329 e. The van der Waals surface area contributed by atoms with Crippen molar-refractivity contribution in [3.63, 3.8) is 0 Å². The van der Waals surface area contributed by atoms with Gasteiger partial charge in [0.2, 0.25) is 0 Å². The molecule has 0 saturated carbocycles. The molecule has 1 saturated heterocycles. The molecule has 0 amide bonds. The highest BCUT2D eigenvalue weighted by Crippen LogP contribution is 2.25. The second-order valence-corrected chi connectivity index (χ2v) is 4.92. The van der Waals surface area contributed by atoms with Gasteiger partial charge in [0.1, 0.15) is 0 Å². The predicted octanol–water partition coefficient (Wildman–Crippen LogP) is 1.33. The normalized spacial score (nSPS) is 26.2. The fourth-order valence-corrected chi connectivity index (χ4v) is 2.97. The fraction of sp³-hybridized carbons (Fsp3) is 0.769. The van der Waals surface area contributed by atoms with Crippen molar-refractivity contribution < 1.29 is 0 Å². The first-order valence-electron chi connectivity index (χ1n) is 6.76. The zero-order chi connectivity index (χ0) is 12.1. The Kier molecular flexibility index (Phi) is 4.57. The first-order chi connectivity index (χ1) is 8.35. The third kappa shape index (κ3) is 3.07. The summed E-state index contributed by atoms with van der Waals surface area (Å²) in [4.78, 5) is 2.55. The van der Waals surface area contributed by atoms with Crippen LogP contribution in [0.1, 0.15) is 26.2 Å². The summed E-state index contributed by atoms with van der Waals surface area (Å²) in [5, 5.41) is 4.25. The van der Waals surface area contributed by atoms with Crippen LogP contribution in [0, 0.1) is 5.92 Å². The Morgan fingerprint density at radius 3 is 2.94 bits per heavy atom. The minimum absolute atomic E-state index is 0.573. The molecule has 17 heavy (non-hydrogen) atoms. The molecule has 0 aliphatic carbocycles. The smallest absolute Gasteiger partial charge is 0.0536 e. The highest BCUT2D eigenvalue weighted by Gasteiger charge is 2.28. The zero-order valence-corrected chi connectivity index (χ0v) is 10.8. The lowest BCUT2D eigenvalue weighted by Crippen LogP contribution is -2.50. The van der Waals surface area contributed by atoms with Gasteiger partial charge in [-0.25, -0.2) is 0 Å². The quantitative estimate of drug-likeness (QED) is 0.839. The van der Waals surface area contributed by atoms with E-state index in [0.717, 1.165) is 25.6 Å². The van der Waals surface area contributed by atoms with Gasteiger partial charge in [-0.1, -0.05) is 13.3 Å². The number of rotatable bonds is 5. The van der Waals surface area contributed by atoms with Crippen LogP contribution in [0.15, 0.2) is 18.5 Å². The van der Waals surface area contributed by atoms with Gasteiger partial charge in [0.05, 0.1) is 6.54 Å². The maximum absolute atomic E-state index is 5.94. The average Bonchev–Trinajstić information content (AvgIpc) is 2.88. The van der Waals surface area contributed by atoms with E-state index in [1.807, 2.05) is 23.1 Å². The molecule has 2 unspecified atom stereocenters. The minimum atomic E-state index is 0.573. The van der Waals surface area contributed by atoms with Gasteiger partial charge in [0, 0.05) is 31.5 Å². The van der Waals surface area contributed by atoms with Crippen LogP contribution >= 0.6 is 0 Å². The molecule has 1 fully saturated rings. The molecule has 2 rings (SSSR count). The van der Waals surface area contributed by atoms with E-state index in [4.69, 9.17) is 5.73 Å². The maximum Gasteiger partial charge on any atom is 0.0536 e. The van der Waals surface area contributed by atoms with Gasteiger partial charge >= 0.3 is 0 Å². The average molecular weight is 236 g/mol. The molecule has 0 radical (unpaired) electrons. The van der Waals surface area contributed by atoms with Crippen LogP contribution in [-0.4, -0.2) is 40.4 Å². The van der Waals surface area contributed by atoms with Crippen LogP contribution < -0.4 is 5.73 Å². The number of hydrogen-bond acceptors (Lipinski definition) is 3. The highest BCUT2D eigenvalue weighted by molar-refractivity contribution is 4.85. The first-order valence-corrected chi connectivity index (χ1v) is 6.76. The maximum atomic E-state index is 5.94. The molecule has 2 heterocycles. The summed E-state index contributed by atoms with van der Waals surface area (Å²) in [6, 6.07) is 2.55. The monoisotopic (exact) mass is 236 g/mol. The van der Waals surface area contributed by atoms with E-state index in [0.29, 0.717) is 6.04 Å². The molecule has 1 aliphatic rings. The molecular formula is C13H24N4. The summed E-state index contributed by atoms with van der Waals surface area (Å²) < 4.78 is 2.00. The summed E-state index contributed by atoms with van der Waals surface area (Å²) in [6.07, 6.45) is 7.77. The summed E-state index contributed by atoms with van der Waals surface area (Å²) >= 11 is 0. The number of hydrogen-bond donors (Lipinski definition) is 1. The topological polar surface area (TPSA) is 47.1 Å². The van der Waals surface area contributed by atoms with Crippen LogP contribution in [0.3, 0.4) is 0 Å². The number of nitrogens with two attached hydrogens (primary N) is 1. The second-order valence-electron chi connectivity index (χ2n) is 4.92. The minimum Gasteiger partial charge on any atom is -0.329 e. The van der Waals surface area contributed by atoms with E-state index in [9.17, 15) is 0 Å². The summed E-state index contributed by atoms with van der Waals surface area (Å²) in [6.45, 7) is 6.31. The number of aromatic nitrogens is 2. The summed E-state index contributed by atoms with van der Waals surface area (Å²) in [5.74, 6) is 0.784. The third-order valence-corrected chi connectivity index (χ3v) is 3.97. The van der Waals surface area contributed by atoms with E-state index in [2.05, 4.69) is 16.9 Å². The number of nitrogens with zero attached hydrogens (tertiary/aromatic N) is 3. The van der Waals surface area contributed by atoms with Crippen molar-refractivity contribution in [1.82, 2.24) is 14.7 Å². The van der Waals surface area contributed by atoms with E-state index >= 15 is 0 Å². The molecule has 1 aromatic rings. The lowest BCUT2D eigenvalue weighted by atomic mass is 9.87. The Bertz CT molecular complexity index is 309. The molecule has 2 atom stereocenters. The van der Waals surface area contributed by atoms with Crippen LogP contribution in [0.4, 0.5) is 0 Å². The molecule has 1 aliphatic heterocycles. The highest BCUT2D eigenvalue weighted by atomic mass is 15.3. The lowest BCUT2D eigenvalue weighted by Gasteiger charge is -2.40. The first kappa shape index (κ1) is 12.6. The molecule has 4 heteroatoms. The fourth-order valence-electron chi connectivity index (χ4n) is 2.97. The lowest BCUT2D eigenvalue weighted by molar-refractivity contribution is 0.0906. The van der Waals surface area contributed by atoms with E-state index in [1.54, 1.807) is 0 Å². The Balaban J connectivity index is 1.89. The van der Waals surface area contributed by atoms with Gasteiger partial charge < -0.3 is 5.73 Å². The Morgan fingerprint density at radius 1 is 1.41 bits per heavy atom. The van der Waals surface area contributed by atoms with Crippen molar-refractivity contribution in [3.8, 4) is 0 Å². The third-order valence-electron chi connectivity index (χ3n) is 3.97. The van der Waals surface area contributed by atoms with Gasteiger partial charge in [-0.2, -0.15) is 5.10 Å². The molecule has 1 aromatic heterocycles. The summed E-state index contributed by atoms with van der Waals surface area (Å²) in [5.41, 5.74) is 5.94. The van der Waals surface area contributed by atoms with Gasteiger partial charge in [0.15, 0.2) is 0 Å². The standard InChI is InChI=1S/C13H24N4/c1-2-12-5-3-7-16(13(12)11-14)9-10-17-8-4-6-15-17/h4,6,8,12-13H,2-3,5,7,9-11,14H2,1H3. The second kappa shape index (κ2) is 6.17. The van der Waals surface area contributed by atoms with Crippen molar-refractivity contribution in [2.45, 2.75) is 38.8 Å². The van der Waals surface area contributed by atoms with E-state index in [1.165, 1.54) is 25.8 Å². The van der Waals surface area contributed by atoms with Gasteiger partial charge in [-0.3, -0.25) is 9.58 Å².